The summed E-state index contributed by atoms with van der Waals surface area (Å²) >= 11 is 0. The fourth-order valence-electron chi connectivity index (χ4n) is 3.19. The van der Waals surface area contributed by atoms with E-state index >= 15 is 0 Å². The van der Waals surface area contributed by atoms with Crippen molar-refractivity contribution >= 4 is 87.1 Å². The van der Waals surface area contributed by atoms with Gasteiger partial charge in [-0.3, -0.25) is 18.9 Å². The van der Waals surface area contributed by atoms with Gasteiger partial charge in [0.15, 0.2) is 5.25 Å². The van der Waals surface area contributed by atoms with Gasteiger partial charge >= 0.3 is 71.1 Å². The molecule has 0 aliphatic heterocycles. The number of amides is 1. The van der Waals surface area contributed by atoms with Crippen LogP contribution in [0.2, 0.25) is 0 Å². The average molecular weight is 526 g/mol. The molecule has 0 aromatic rings. The van der Waals surface area contributed by atoms with Crippen molar-refractivity contribution in [2.75, 3.05) is 0 Å². The predicted molar refractivity (Wildman–Crippen MR) is 136 cm³/mol. The van der Waals surface area contributed by atoms with Gasteiger partial charge in [0, 0.05) is 12.8 Å². The van der Waals surface area contributed by atoms with Crippen molar-refractivity contribution in [2.24, 2.45) is 5.73 Å². The number of carboxylic acids is 1. The standard InChI is InChI=1S/C22H39NO8S.2Na.2H/c1-2-3-4-11-14-18(31-22(27)19(17-21(25)26)32(28,29)30)15-12-9-7-5-6-8-10-13-16-20(23)24;;;;/h9,12,18-19H,2-8,10-11,13-17H2,1H3,(H2,23,24)(H,25,26)(H,28,29,30);;;;/b12-9-;;;;/t18-,19?;;;;/m1..../s1. The van der Waals surface area contributed by atoms with Gasteiger partial charge in [-0.1, -0.05) is 57.6 Å². The van der Waals surface area contributed by atoms with Gasteiger partial charge < -0.3 is 15.6 Å². The Hall–Kier alpha value is 0.0600. The van der Waals surface area contributed by atoms with Crippen molar-refractivity contribution in [1.29, 1.82) is 0 Å². The molecule has 0 bridgehead atoms. The van der Waals surface area contributed by atoms with Crippen LogP contribution >= 0.6 is 0 Å². The summed E-state index contributed by atoms with van der Waals surface area (Å²) in [5.41, 5.74) is 5.10. The zero-order valence-corrected chi connectivity index (χ0v) is 19.9. The molecule has 0 spiro atoms. The van der Waals surface area contributed by atoms with Crippen molar-refractivity contribution in [3.63, 3.8) is 0 Å². The molecule has 12 heteroatoms. The monoisotopic (exact) mass is 525 g/mol. The van der Waals surface area contributed by atoms with E-state index in [0.717, 1.165) is 64.2 Å². The number of ether oxygens (including phenoxy) is 1. The Morgan fingerprint density at radius 2 is 1.53 bits per heavy atom. The number of carboxylic acid groups (broad SMARTS) is 1. The molecule has 4 N–H and O–H groups in total. The summed E-state index contributed by atoms with van der Waals surface area (Å²) in [5, 5.41) is 6.70. The average Bonchev–Trinajstić information content (AvgIpc) is 2.69. The molecule has 1 amide bonds. The van der Waals surface area contributed by atoms with Crippen molar-refractivity contribution in [3.8, 4) is 0 Å². The van der Waals surface area contributed by atoms with Gasteiger partial charge in [-0.25, -0.2) is 0 Å². The number of primary amides is 1. The number of carbonyl (C=O) groups is 3. The van der Waals surface area contributed by atoms with E-state index < -0.39 is 39.8 Å². The van der Waals surface area contributed by atoms with E-state index in [2.05, 4.69) is 6.92 Å². The number of hydrogen-bond donors (Lipinski definition) is 3. The van der Waals surface area contributed by atoms with E-state index in [0.29, 0.717) is 19.3 Å². The Bertz CT molecular complexity index is 701. The third kappa shape index (κ3) is 22.5. The Labute approximate surface area is 248 Å². The fourth-order valence-corrected chi connectivity index (χ4v) is 3.84. The van der Waals surface area contributed by atoms with Crippen molar-refractivity contribution in [2.45, 2.75) is 108 Å². The van der Waals surface area contributed by atoms with Crippen LogP contribution in [-0.4, -0.2) is 106 Å². The second-order valence-corrected chi connectivity index (χ2v) is 9.59. The second-order valence-electron chi connectivity index (χ2n) is 7.99. The molecule has 1 unspecified atom stereocenters. The van der Waals surface area contributed by atoms with Crippen molar-refractivity contribution < 1.29 is 37.2 Å². The number of carbonyl (C=O) groups excluding carboxylic acids is 2. The zero-order chi connectivity index (χ0) is 24.4. The first kappa shape index (κ1) is 38.6. The molecule has 2 atom stereocenters. The van der Waals surface area contributed by atoms with Crippen LogP contribution in [0.4, 0.5) is 0 Å². The Balaban J connectivity index is -0.00000480. The third-order valence-electron chi connectivity index (χ3n) is 5.00. The molecule has 34 heavy (non-hydrogen) atoms. The SMILES string of the molecule is CCCCCC[C@H](C/C=C\CCCCCCCC(N)=O)OC(=O)C(CC(=O)O)S(=O)(=O)O.[NaH].[NaH]. The summed E-state index contributed by atoms with van der Waals surface area (Å²) in [6.07, 6.45) is 13.0. The Morgan fingerprint density at radius 3 is 2.09 bits per heavy atom. The molecule has 0 saturated carbocycles. The molecule has 0 radical (unpaired) electrons. The molecule has 0 saturated heterocycles. The first-order valence-corrected chi connectivity index (χ1v) is 12.9. The molecule has 0 fully saturated rings. The number of allylic oxidation sites excluding steroid dienone is 1. The molecule has 0 aliphatic carbocycles. The maximum absolute atomic E-state index is 12.2. The number of hydrogen-bond acceptors (Lipinski definition) is 6. The number of nitrogens with two attached hydrogens (primary N) is 1. The molecular formula is C22H41NNa2O8S. The number of aliphatic carboxylic acids is 1. The van der Waals surface area contributed by atoms with E-state index in [-0.39, 0.29) is 65.0 Å². The van der Waals surface area contributed by atoms with Crippen LogP contribution in [0, 0.1) is 0 Å². The molecule has 190 valence electrons. The van der Waals surface area contributed by atoms with Crippen LogP contribution in [0.3, 0.4) is 0 Å². The Morgan fingerprint density at radius 1 is 0.941 bits per heavy atom. The molecule has 0 aliphatic rings. The summed E-state index contributed by atoms with van der Waals surface area (Å²) in [4.78, 5) is 33.8. The third-order valence-corrected chi connectivity index (χ3v) is 6.08. The van der Waals surface area contributed by atoms with Crippen molar-refractivity contribution in [3.05, 3.63) is 12.2 Å². The minimum absolute atomic E-state index is 0. The number of esters is 1. The molecule has 0 heterocycles. The van der Waals surface area contributed by atoms with Gasteiger partial charge in [0.2, 0.25) is 5.91 Å². The fraction of sp³-hybridized carbons (Fsp3) is 0.773. The van der Waals surface area contributed by atoms with Gasteiger partial charge in [0.1, 0.15) is 6.10 Å². The summed E-state index contributed by atoms with van der Waals surface area (Å²) in [5.74, 6) is -3.03. The molecule has 9 nitrogen and oxygen atoms in total. The molecular weight excluding hydrogens is 484 g/mol. The minimum atomic E-state index is -4.88. The summed E-state index contributed by atoms with van der Waals surface area (Å²) < 4.78 is 37.3. The van der Waals surface area contributed by atoms with E-state index in [4.69, 9.17) is 15.6 Å². The van der Waals surface area contributed by atoms with Crippen LogP contribution in [0.1, 0.15) is 96.8 Å². The molecule has 0 rings (SSSR count). The van der Waals surface area contributed by atoms with E-state index in [9.17, 15) is 27.4 Å². The van der Waals surface area contributed by atoms with Crippen LogP contribution in [0.15, 0.2) is 12.2 Å². The Kier molecular flexibility index (Phi) is 26.6. The summed E-state index contributed by atoms with van der Waals surface area (Å²) in [6.45, 7) is 2.07. The summed E-state index contributed by atoms with van der Waals surface area (Å²) in [6, 6.07) is 0. The first-order chi connectivity index (χ1) is 15.1. The quantitative estimate of drug-likeness (QED) is 0.0718. The first-order valence-electron chi connectivity index (χ1n) is 11.4. The van der Waals surface area contributed by atoms with Gasteiger partial charge in [0.25, 0.3) is 10.1 Å². The van der Waals surface area contributed by atoms with Gasteiger partial charge in [-0.15, -0.1) is 0 Å². The number of rotatable bonds is 20. The van der Waals surface area contributed by atoms with Crippen LogP contribution < -0.4 is 5.73 Å². The van der Waals surface area contributed by atoms with Crippen LogP contribution in [0.5, 0.6) is 0 Å². The topological polar surface area (TPSA) is 161 Å². The van der Waals surface area contributed by atoms with E-state index in [1.807, 2.05) is 12.2 Å². The normalized spacial score (nSPS) is 12.9. The molecule has 0 aromatic carbocycles. The number of unbranched alkanes of at least 4 members (excludes halogenated alkanes) is 8. The molecule has 0 aromatic heterocycles. The predicted octanol–water partition coefficient (Wildman–Crippen LogP) is 2.46. The van der Waals surface area contributed by atoms with Gasteiger partial charge in [-0.05, 0) is 32.1 Å². The van der Waals surface area contributed by atoms with Crippen molar-refractivity contribution in [1.82, 2.24) is 0 Å². The van der Waals surface area contributed by atoms with E-state index in [1.54, 1.807) is 0 Å². The van der Waals surface area contributed by atoms with E-state index in [1.165, 1.54) is 0 Å². The van der Waals surface area contributed by atoms with Crippen LogP contribution in [0.25, 0.3) is 0 Å². The zero-order valence-electron chi connectivity index (χ0n) is 19.0. The van der Waals surface area contributed by atoms with Gasteiger partial charge in [0.05, 0.1) is 6.42 Å². The summed E-state index contributed by atoms with van der Waals surface area (Å²) in [7, 11) is -4.88. The van der Waals surface area contributed by atoms with Crippen LogP contribution in [-0.2, 0) is 29.2 Å². The second kappa shape index (κ2) is 23.5. The maximum atomic E-state index is 12.2. The van der Waals surface area contributed by atoms with Gasteiger partial charge in [-0.2, -0.15) is 8.42 Å².